The van der Waals surface area contributed by atoms with Gasteiger partial charge in [-0.25, -0.2) is 4.79 Å². The number of methoxy groups -OCH3 is 1. The highest BCUT2D eigenvalue weighted by atomic mass is 28.4. The zero-order valence-corrected chi connectivity index (χ0v) is 29.8. The van der Waals surface area contributed by atoms with Crippen LogP contribution in [0.4, 0.5) is 5.82 Å². The Kier molecular flexibility index (Phi) is 10.3. The van der Waals surface area contributed by atoms with Crippen molar-refractivity contribution in [2.24, 2.45) is 16.5 Å². The van der Waals surface area contributed by atoms with E-state index in [1.165, 1.54) is 4.57 Å². The van der Waals surface area contributed by atoms with Crippen LogP contribution in [0.1, 0.15) is 55.7 Å². The summed E-state index contributed by atoms with van der Waals surface area (Å²) in [5.41, 5.74) is 13.1. The molecule has 1 saturated heterocycles. The maximum Gasteiger partial charge on any atom is 0.351 e. The monoisotopic (exact) mass is 669 g/mol. The predicted molar refractivity (Wildman–Crippen MR) is 191 cm³/mol. The predicted octanol–water partition coefficient (Wildman–Crippen LogP) is 6.15. The maximum atomic E-state index is 13.3. The second kappa shape index (κ2) is 14.1. The van der Waals surface area contributed by atoms with E-state index in [1.807, 2.05) is 60.7 Å². The van der Waals surface area contributed by atoms with Crippen molar-refractivity contribution in [1.29, 1.82) is 0 Å². The number of guanidine groups is 1. The average Bonchev–Trinajstić information content (AvgIpc) is 3.44. The fourth-order valence-electron chi connectivity index (χ4n) is 5.83. The number of rotatable bonds is 11. The van der Waals surface area contributed by atoms with Gasteiger partial charge in [0.25, 0.3) is 0 Å². The minimum Gasteiger partial charge on any atom is -0.497 e. The number of aryl methyl sites for hydroxylation is 1. The molecule has 0 aliphatic carbocycles. The molecule has 5 rings (SSSR count). The molecule has 0 bridgehead atoms. The Labute approximate surface area is 283 Å². The molecular formula is C37H47N5O5Si. The smallest absolute Gasteiger partial charge is 0.351 e. The van der Waals surface area contributed by atoms with Crippen molar-refractivity contribution in [2.75, 3.05) is 13.7 Å². The van der Waals surface area contributed by atoms with Crippen molar-refractivity contribution in [2.45, 2.75) is 76.3 Å². The van der Waals surface area contributed by atoms with Gasteiger partial charge in [0.2, 0.25) is 0 Å². The zero-order valence-electron chi connectivity index (χ0n) is 28.8. The third kappa shape index (κ3) is 7.24. The standard InChI is InChI=1S/C37H47N5O5Si/c1-25-23-42(35(43)41-33(25)40-34(38)39)32-22-30(47-48(6,7)36(2,3)4)31(46-32)24-45-37(26-14-10-8-11-15-26,27-16-12-9-13-17-27)28-18-20-29(44-5)21-19-28/h8-21,23,30-32H,22,24H2,1-7H3,(H4,38,39,40,41,43)/t30-,31+,32+/m0/s1. The Hall–Kier alpha value is -4.29. The molecule has 3 aromatic carbocycles. The first kappa shape index (κ1) is 35.0. The molecule has 1 fully saturated rings. The molecule has 48 heavy (non-hydrogen) atoms. The lowest BCUT2D eigenvalue weighted by Crippen LogP contribution is -2.47. The molecule has 3 atom stereocenters. The second-order valence-corrected chi connectivity index (χ2v) is 18.5. The van der Waals surface area contributed by atoms with Gasteiger partial charge >= 0.3 is 5.69 Å². The fraction of sp³-hybridized carbons (Fsp3) is 0.378. The Morgan fingerprint density at radius 2 is 1.52 bits per heavy atom. The van der Waals surface area contributed by atoms with Gasteiger partial charge in [-0.1, -0.05) is 93.6 Å². The van der Waals surface area contributed by atoms with Crippen LogP contribution in [0.5, 0.6) is 5.75 Å². The third-order valence-electron chi connectivity index (χ3n) is 9.41. The van der Waals surface area contributed by atoms with Gasteiger partial charge in [-0.3, -0.25) is 4.57 Å². The van der Waals surface area contributed by atoms with Crippen LogP contribution in [0.25, 0.3) is 0 Å². The molecule has 1 aromatic heterocycles. The van der Waals surface area contributed by atoms with E-state index in [4.69, 9.17) is 30.1 Å². The number of hydrogen-bond acceptors (Lipinski definition) is 7. The van der Waals surface area contributed by atoms with Crippen LogP contribution in [0.3, 0.4) is 0 Å². The molecule has 1 aliphatic rings. The fourth-order valence-corrected chi connectivity index (χ4v) is 7.19. The summed E-state index contributed by atoms with van der Waals surface area (Å²) in [5, 5.41) is -0.0474. The van der Waals surface area contributed by atoms with Crippen LogP contribution >= 0.6 is 0 Å². The molecule has 10 nitrogen and oxygen atoms in total. The lowest BCUT2D eigenvalue weighted by atomic mass is 9.80. The first-order chi connectivity index (χ1) is 22.7. The Morgan fingerprint density at radius 3 is 2.04 bits per heavy atom. The number of nitrogens with two attached hydrogens (primary N) is 2. The van der Waals surface area contributed by atoms with E-state index in [9.17, 15) is 4.79 Å². The molecule has 0 spiro atoms. The summed E-state index contributed by atoms with van der Waals surface area (Å²) in [6, 6.07) is 28.3. The van der Waals surface area contributed by atoms with E-state index >= 15 is 0 Å². The molecule has 2 heterocycles. The molecule has 0 saturated carbocycles. The molecular weight excluding hydrogens is 623 g/mol. The van der Waals surface area contributed by atoms with Crippen LogP contribution in [0.15, 0.2) is 101 Å². The Bertz CT molecular complexity index is 1730. The van der Waals surface area contributed by atoms with Gasteiger partial charge in [-0.05, 0) is 53.9 Å². The average molecular weight is 670 g/mol. The van der Waals surface area contributed by atoms with E-state index in [0.29, 0.717) is 12.0 Å². The van der Waals surface area contributed by atoms with Crippen molar-refractivity contribution >= 4 is 20.1 Å². The number of hydrogen-bond donors (Lipinski definition) is 2. The highest BCUT2D eigenvalue weighted by Crippen LogP contribution is 2.44. The van der Waals surface area contributed by atoms with E-state index in [0.717, 1.165) is 22.4 Å². The molecule has 1 aliphatic heterocycles. The van der Waals surface area contributed by atoms with Crippen molar-refractivity contribution in [3.05, 3.63) is 124 Å². The minimum absolute atomic E-state index is 0.0474. The highest BCUT2D eigenvalue weighted by Gasteiger charge is 2.47. The van der Waals surface area contributed by atoms with E-state index < -0.39 is 31.9 Å². The lowest BCUT2D eigenvalue weighted by molar-refractivity contribution is -0.0928. The van der Waals surface area contributed by atoms with Crippen LogP contribution in [-0.4, -0.2) is 49.8 Å². The topological polar surface area (TPSA) is 136 Å². The van der Waals surface area contributed by atoms with E-state index in [1.54, 1.807) is 20.2 Å². The van der Waals surface area contributed by atoms with E-state index in [-0.39, 0.29) is 29.5 Å². The van der Waals surface area contributed by atoms with Crippen molar-refractivity contribution < 1.29 is 18.6 Å². The summed E-state index contributed by atoms with van der Waals surface area (Å²) in [5.74, 6) is 0.758. The van der Waals surface area contributed by atoms with Gasteiger partial charge < -0.3 is 30.1 Å². The van der Waals surface area contributed by atoms with Crippen molar-refractivity contribution in [3.63, 3.8) is 0 Å². The number of benzene rings is 3. The maximum absolute atomic E-state index is 13.3. The highest BCUT2D eigenvalue weighted by molar-refractivity contribution is 6.74. The van der Waals surface area contributed by atoms with Gasteiger partial charge in [0.15, 0.2) is 20.1 Å². The number of aliphatic imine (C=N–C) groups is 1. The van der Waals surface area contributed by atoms with Crippen LogP contribution < -0.4 is 21.9 Å². The van der Waals surface area contributed by atoms with Gasteiger partial charge in [-0.2, -0.15) is 9.98 Å². The first-order valence-electron chi connectivity index (χ1n) is 16.2. The van der Waals surface area contributed by atoms with Crippen LogP contribution in [-0.2, 0) is 19.5 Å². The SMILES string of the molecule is COc1ccc(C(OC[C@H]2O[C@@H](n3cc(C)c(N=C(N)N)nc3=O)C[C@@H]2O[Si](C)(C)C(C)(C)C)(c2ccccc2)c2ccccc2)cc1. The van der Waals surface area contributed by atoms with Crippen LogP contribution in [0.2, 0.25) is 18.1 Å². The normalized spacial score (nSPS) is 18.4. The molecule has 0 radical (unpaired) electrons. The van der Waals surface area contributed by atoms with E-state index in [2.05, 4.69) is 68.1 Å². The summed E-state index contributed by atoms with van der Waals surface area (Å²) in [4.78, 5) is 21.4. The molecule has 11 heteroatoms. The van der Waals surface area contributed by atoms with Crippen molar-refractivity contribution in [3.8, 4) is 5.75 Å². The van der Waals surface area contributed by atoms with Gasteiger partial charge in [0, 0.05) is 18.2 Å². The largest absolute Gasteiger partial charge is 0.497 e. The minimum atomic E-state index is -2.27. The summed E-state index contributed by atoms with van der Waals surface area (Å²) in [7, 11) is -0.616. The van der Waals surface area contributed by atoms with Gasteiger partial charge in [0.1, 0.15) is 23.7 Å². The van der Waals surface area contributed by atoms with Crippen molar-refractivity contribution in [1.82, 2.24) is 9.55 Å². The molecule has 0 unspecified atom stereocenters. The molecule has 0 amide bonds. The van der Waals surface area contributed by atoms with Gasteiger partial charge in [0.05, 0.1) is 19.8 Å². The number of aromatic nitrogens is 2. The zero-order chi connectivity index (χ0) is 34.7. The summed E-state index contributed by atoms with van der Waals surface area (Å²) >= 11 is 0. The quantitative estimate of drug-likeness (QED) is 0.0840. The summed E-state index contributed by atoms with van der Waals surface area (Å²) < 4.78 is 27.9. The lowest BCUT2D eigenvalue weighted by Gasteiger charge is -2.40. The Morgan fingerprint density at radius 1 is 0.958 bits per heavy atom. The Balaban J connectivity index is 1.58. The van der Waals surface area contributed by atoms with Crippen LogP contribution in [0, 0.1) is 6.92 Å². The third-order valence-corrected chi connectivity index (χ3v) is 13.9. The molecule has 4 N–H and O–H groups in total. The number of ether oxygens (including phenoxy) is 3. The molecule has 4 aromatic rings. The second-order valence-electron chi connectivity index (χ2n) is 13.7. The number of nitrogens with zero attached hydrogens (tertiary/aromatic N) is 3. The molecule has 254 valence electrons. The summed E-state index contributed by atoms with van der Waals surface area (Å²) in [6.45, 7) is 13.0. The van der Waals surface area contributed by atoms with Gasteiger partial charge in [-0.15, -0.1) is 0 Å². The summed E-state index contributed by atoms with van der Waals surface area (Å²) in [6.07, 6.45) is 0.642. The first-order valence-corrected chi connectivity index (χ1v) is 19.1.